The number of hydrogen-bond donors (Lipinski definition) is 0. The van der Waals surface area contributed by atoms with Crippen LogP contribution < -0.4 is 0 Å². The Morgan fingerprint density at radius 2 is 1.69 bits per heavy atom. The first kappa shape index (κ1) is 12.9. The van der Waals surface area contributed by atoms with Gasteiger partial charge in [0.25, 0.3) is 0 Å². The smallest absolute Gasteiger partial charge is 0.221 e. The quantitative estimate of drug-likeness (QED) is 0.651. The minimum Gasteiger partial charge on any atom is -0.281 e. The van der Waals surface area contributed by atoms with Crippen LogP contribution in [-0.4, -0.2) is 10.5 Å². The Hall–Kier alpha value is -0.0800. The van der Waals surface area contributed by atoms with Crippen LogP contribution in [0.15, 0.2) is 0 Å². The van der Waals surface area contributed by atoms with Crippen LogP contribution in [0.3, 0.4) is 0 Å². The SMILES string of the molecule is CC(C)[C@@H](CCC(=O)Cl)CC(=O)Cl. The molecule has 2 nitrogen and oxygen atoms in total. The fourth-order valence-electron chi connectivity index (χ4n) is 1.18. The third-order valence-corrected chi connectivity index (χ3v) is 2.42. The molecule has 0 aliphatic rings. The molecule has 0 saturated heterocycles. The molecular formula is C9H14Cl2O2. The molecule has 0 radical (unpaired) electrons. The van der Waals surface area contributed by atoms with E-state index in [2.05, 4.69) is 0 Å². The molecule has 13 heavy (non-hydrogen) atoms. The molecule has 0 saturated carbocycles. The van der Waals surface area contributed by atoms with Crippen LogP contribution in [0.2, 0.25) is 0 Å². The summed E-state index contributed by atoms with van der Waals surface area (Å²) in [5, 5.41) is -0.701. The lowest BCUT2D eigenvalue weighted by molar-refractivity contribution is -0.114. The maximum absolute atomic E-state index is 10.7. The van der Waals surface area contributed by atoms with Crippen molar-refractivity contribution in [2.24, 2.45) is 11.8 Å². The molecule has 0 rings (SSSR count). The van der Waals surface area contributed by atoms with Crippen molar-refractivity contribution in [3.8, 4) is 0 Å². The monoisotopic (exact) mass is 224 g/mol. The van der Waals surface area contributed by atoms with Crippen molar-refractivity contribution in [1.82, 2.24) is 0 Å². The summed E-state index contributed by atoms with van der Waals surface area (Å²) in [6.07, 6.45) is 1.27. The topological polar surface area (TPSA) is 34.1 Å². The summed E-state index contributed by atoms with van der Waals surface area (Å²) in [5.41, 5.74) is 0. The highest BCUT2D eigenvalue weighted by Crippen LogP contribution is 2.22. The average Bonchev–Trinajstić information content (AvgIpc) is 1.96. The first-order valence-electron chi connectivity index (χ1n) is 4.30. The molecule has 0 unspecified atom stereocenters. The second kappa shape index (κ2) is 6.39. The van der Waals surface area contributed by atoms with Gasteiger partial charge in [-0.25, -0.2) is 0 Å². The van der Waals surface area contributed by atoms with Gasteiger partial charge in [0, 0.05) is 12.8 Å². The second-order valence-corrected chi connectivity index (χ2v) is 4.30. The Morgan fingerprint density at radius 3 is 2.00 bits per heavy atom. The van der Waals surface area contributed by atoms with E-state index in [0.717, 1.165) is 0 Å². The van der Waals surface area contributed by atoms with Crippen LogP contribution in [-0.2, 0) is 9.59 Å². The van der Waals surface area contributed by atoms with E-state index in [-0.39, 0.29) is 16.4 Å². The predicted octanol–water partition coefficient (Wildman–Crippen LogP) is 2.96. The number of carbonyl (C=O) groups is 2. The zero-order chi connectivity index (χ0) is 10.4. The molecular weight excluding hydrogens is 211 g/mol. The third-order valence-electron chi connectivity index (χ3n) is 2.08. The van der Waals surface area contributed by atoms with E-state index in [9.17, 15) is 9.59 Å². The highest BCUT2D eigenvalue weighted by atomic mass is 35.5. The van der Waals surface area contributed by atoms with Crippen LogP contribution in [0.5, 0.6) is 0 Å². The minimum atomic E-state index is -0.354. The number of hydrogen-bond acceptors (Lipinski definition) is 2. The molecule has 0 aromatic rings. The fourth-order valence-corrected chi connectivity index (χ4v) is 1.48. The normalized spacial score (nSPS) is 13.0. The lowest BCUT2D eigenvalue weighted by Gasteiger charge is -2.17. The third kappa shape index (κ3) is 7.03. The second-order valence-electron chi connectivity index (χ2n) is 3.46. The highest BCUT2D eigenvalue weighted by Gasteiger charge is 2.17. The molecule has 0 amide bonds. The summed E-state index contributed by atoms with van der Waals surface area (Å²) in [6.45, 7) is 4.01. The van der Waals surface area contributed by atoms with Gasteiger partial charge in [0.05, 0.1) is 0 Å². The van der Waals surface area contributed by atoms with Crippen LogP contribution in [0.4, 0.5) is 0 Å². The van der Waals surface area contributed by atoms with Crippen molar-refractivity contribution >= 4 is 33.7 Å². The van der Waals surface area contributed by atoms with Gasteiger partial charge in [0.15, 0.2) is 0 Å². The summed E-state index contributed by atoms with van der Waals surface area (Å²) in [7, 11) is 0. The highest BCUT2D eigenvalue weighted by molar-refractivity contribution is 6.63. The van der Waals surface area contributed by atoms with E-state index in [1.807, 2.05) is 13.8 Å². The summed E-state index contributed by atoms with van der Waals surface area (Å²) in [5.74, 6) is 0.506. The largest absolute Gasteiger partial charge is 0.281 e. The van der Waals surface area contributed by atoms with E-state index in [4.69, 9.17) is 23.2 Å². The molecule has 4 heteroatoms. The van der Waals surface area contributed by atoms with Crippen molar-refractivity contribution in [1.29, 1.82) is 0 Å². The Balaban J connectivity index is 3.95. The minimum absolute atomic E-state index is 0.160. The fraction of sp³-hybridized carbons (Fsp3) is 0.778. The van der Waals surface area contributed by atoms with Crippen molar-refractivity contribution in [3.63, 3.8) is 0 Å². The van der Waals surface area contributed by atoms with Crippen molar-refractivity contribution in [2.75, 3.05) is 0 Å². The van der Waals surface area contributed by atoms with Crippen LogP contribution >= 0.6 is 23.2 Å². The summed E-state index contributed by atoms with van der Waals surface area (Å²) in [6, 6.07) is 0. The van der Waals surface area contributed by atoms with Gasteiger partial charge in [0.2, 0.25) is 10.5 Å². The molecule has 76 valence electrons. The van der Waals surface area contributed by atoms with Crippen LogP contribution in [0.1, 0.15) is 33.1 Å². The summed E-state index contributed by atoms with van der Waals surface area (Å²) >= 11 is 10.5. The van der Waals surface area contributed by atoms with E-state index >= 15 is 0 Å². The molecule has 0 fully saturated rings. The maximum atomic E-state index is 10.7. The molecule has 0 spiro atoms. The van der Waals surface area contributed by atoms with Gasteiger partial charge in [-0.3, -0.25) is 9.59 Å². The van der Waals surface area contributed by atoms with Crippen molar-refractivity contribution in [2.45, 2.75) is 33.1 Å². The first-order chi connectivity index (χ1) is 5.93. The molecule has 0 aliphatic heterocycles. The van der Waals surface area contributed by atoms with Gasteiger partial charge in [-0.05, 0) is 41.5 Å². The lowest BCUT2D eigenvalue weighted by Crippen LogP contribution is -2.12. The van der Waals surface area contributed by atoms with E-state index in [1.54, 1.807) is 0 Å². The number of carbonyl (C=O) groups excluding carboxylic acids is 2. The standard InChI is InChI=1S/C9H14Cl2O2/c1-6(2)7(5-9(11)13)3-4-8(10)12/h6-7H,3-5H2,1-2H3/t7-/m0/s1. The van der Waals surface area contributed by atoms with E-state index in [1.165, 1.54) is 0 Å². The summed E-state index contributed by atoms with van der Waals surface area (Å²) in [4.78, 5) is 21.2. The summed E-state index contributed by atoms with van der Waals surface area (Å²) < 4.78 is 0. The molecule has 0 N–H and O–H groups in total. The average molecular weight is 225 g/mol. The van der Waals surface area contributed by atoms with Crippen LogP contribution in [0.25, 0.3) is 0 Å². The van der Waals surface area contributed by atoms with Gasteiger partial charge in [-0.1, -0.05) is 13.8 Å². The Morgan fingerprint density at radius 1 is 1.15 bits per heavy atom. The zero-order valence-electron chi connectivity index (χ0n) is 7.85. The van der Waals surface area contributed by atoms with E-state index < -0.39 is 0 Å². The Kier molecular flexibility index (Phi) is 6.35. The molecule has 1 atom stereocenters. The van der Waals surface area contributed by atoms with Gasteiger partial charge in [0.1, 0.15) is 0 Å². The predicted molar refractivity (Wildman–Crippen MR) is 53.9 cm³/mol. The molecule has 0 bridgehead atoms. The maximum Gasteiger partial charge on any atom is 0.221 e. The lowest BCUT2D eigenvalue weighted by atomic mass is 9.89. The first-order valence-corrected chi connectivity index (χ1v) is 5.05. The molecule has 0 heterocycles. The van der Waals surface area contributed by atoms with Gasteiger partial charge >= 0.3 is 0 Å². The van der Waals surface area contributed by atoms with Gasteiger partial charge in [-0.15, -0.1) is 0 Å². The van der Waals surface area contributed by atoms with Crippen LogP contribution in [0, 0.1) is 11.8 Å². The van der Waals surface area contributed by atoms with E-state index in [0.29, 0.717) is 25.2 Å². The molecule has 0 aromatic carbocycles. The van der Waals surface area contributed by atoms with Crippen molar-refractivity contribution < 1.29 is 9.59 Å². The Bertz CT molecular complexity index is 190. The zero-order valence-corrected chi connectivity index (χ0v) is 9.36. The van der Waals surface area contributed by atoms with Crippen molar-refractivity contribution in [3.05, 3.63) is 0 Å². The molecule has 0 aromatic heterocycles. The molecule has 0 aliphatic carbocycles. The van der Waals surface area contributed by atoms with Gasteiger partial charge < -0.3 is 0 Å². The number of rotatable bonds is 6. The van der Waals surface area contributed by atoms with Gasteiger partial charge in [-0.2, -0.15) is 0 Å². The number of halogens is 2. The Labute approximate surface area is 88.6 Å².